The maximum absolute atomic E-state index is 12.4. The van der Waals surface area contributed by atoms with Crippen LogP contribution in [0.1, 0.15) is 16.1 Å². The number of benzene rings is 2. The zero-order valence-corrected chi connectivity index (χ0v) is 11.5. The van der Waals surface area contributed by atoms with Crippen molar-refractivity contribution in [3.63, 3.8) is 0 Å². The molecule has 0 saturated heterocycles. The Morgan fingerprint density at radius 2 is 1.82 bits per heavy atom. The van der Waals surface area contributed by atoms with Gasteiger partial charge in [0.25, 0.3) is 5.91 Å². The van der Waals surface area contributed by atoms with E-state index in [1.165, 1.54) is 6.39 Å². The summed E-state index contributed by atoms with van der Waals surface area (Å²) in [5.41, 5.74) is 2.07. The Balaban J connectivity index is 1.92. The summed E-state index contributed by atoms with van der Waals surface area (Å²) in [5.74, 6) is -0.335. The summed E-state index contributed by atoms with van der Waals surface area (Å²) in [7, 11) is 0. The summed E-state index contributed by atoms with van der Waals surface area (Å²) < 4.78 is 5.22. The van der Waals surface area contributed by atoms with Crippen molar-refractivity contribution in [2.24, 2.45) is 0 Å². The minimum atomic E-state index is -0.445. The van der Waals surface area contributed by atoms with Gasteiger partial charge in [0.05, 0.1) is 11.3 Å². The highest BCUT2D eigenvalue weighted by Gasteiger charge is 2.19. The van der Waals surface area contributed by atoms with Gasteiger partial charge in [0.15, 0.2) is 6.39 Å². The van der Waals surface area contributed by atoms with Gasteiger partial charge in [-0.1, -0.05) is 42.5 Å². The average Bonchev–Trinajstić information content (AvgIpc) is 3.06. The number of aromatic nitrogens is 1. The number of hydrogen-bond acceptors (Lipinski definition) is 4. The Bertz CT molecular complexity index is 848. The van der Waals surface area contributed by atoms with Gasteiger partial charge in [0, 0.05) is 5.56 Å². The van der Waals surface area contributed by atoms with Crippen molar-refractivity contribution in [1.29, 1.82) is 5.26 Å². The number of amides is 1. The molecule has 0 aliphatic carbocycles. The maximum atomic E-state index is 12.4. The van der Waals surface area contributed by atoms with Crippen molar-refractivity contribution in [3.05, 3.63) is 72.3 Å². The Kier molecular flexibility index (Phi) is 3.67. The second kappa shape index (κ2) is 5.94. The molecule has 0 aliphatic rings. The fourth-order valence-corrected chi connectivity index (χ4v) is 2.08. The molecule has 22 heavy (non-hydrogen) atoms. The standard InChI is InChI=1S/C17H11N3O2/c18-10-13-8-4-5-9-14(13)20-17(21)16-15(19-11-22-16)12-6-2-1-3-7-12/h1-9,11H,(H,20,21). The molecule has 0 bridgehead atoms. The van der Waals surface area contributed by atoms with Gasteiger partial charge in [0.2, 0.25) is 5.76 Å². The third kappa shape index (κ3) is 2.58. The molecule has 1 amide bonds. The minimum absolute atomic E-state index is 0.110. The highest BCUT2D eigenvalue weighted by molar-refractivity contribution is 6.06. The first kappa shape index (κ1) is 13.6. The van der Waals surface area contributed by atoms with Crippen LogP contribution in [-0.4, -0.2) is 10.9 Å². The van der Waals surface area contributed by atoms with Crippen LogP contribution >= 0.6 is 0 Å². The number of rotatable bonds is 3. The van der Waals surface area contributed by atoms with Crippen LogP contribution in [-0.2, 0) is 0 Å². The molecule has 5 heteroatoms. The molecule has 1 heterocycles. The number of carbonyl (C=O) groups excluding carboxylic acids is 1. The first-order chi connectivity index (χ1) is 10.8. The van der Waals surface area contributed by atoms with E-state index >= 15 is 0 Å². The van der Waals surface area contributed by atoms with Crippen molar-refractivity contribution < 1.29 is 9.21 Å². The lowest BCUT2D eigenvalue weighted by Gasteiger charge is -2.06. The third-order valence-electron chi connectivity index (χ3n) is 3.12. The molecule has 0 spiro atoms. The summed E-state index contributed by atoms with van der Waals surface area (Å²) in [5, 5.41) is 11.7. The van der Waals surface area contributed by atoms with Gasteiger partial charge in [0.1, 0.15) is 11.8 Å². The Morgan fingerprint density at radius 1 is 1.09 bits per heavy atom. The van der Waals surface area contributed by atoms with E-state index in [4.69, 9.17) is 9.68 Å². The van der Waals surface area contributed by atoms with Crippen LogP contribution in [0.25, 0.3) is 11.3 Å². The lowest BCUT2D eigenvalue weighted by molar-refractivity contribution is 0.0997. The first-order valence-electron chi connectivity index (χ1n) is 6.59. The molecule has 106 valence electrons. The molecule has 2 aromatic carbocycles. The number of carbonyl (C=O) groups is 1. The third-order valence-corrected chi connectivity index (χ3v) is 3.12. The van der Waals surface area contributed by atoms with Gasteiger partial charge in [-0.3, -0.25) is 4.79 Å². The van der Waals surface area contributed by atoms with Crippen LogP contribution in [0.2, 0.25) is 0 Å². The van der Waals surface area contributed by atoms with E-state index in [0.29, 0.717) is 16.9 Å². The second-order valence-electron chi connectivity index (χ2n) is 4.51. The zero-order valence-electron chi connectivity index (χ0n) is 11.5. The number of nitrogens with one attached hydrogen (secondary N) is 1. The highest BCUT2D eigenvalue weighted by atomic mass is 16.3. The quantitative estimate of drug-likeness (QED) is 0.800. The van der Waals surface area contributed by atoms with Gasteiger partial charge in [-0.15, -0.1) is 0 Å². The molecule has 0 aliphatic heterocycles. The van der Waals surface area contributed by atoms with Gasteiger partial charge in [-0.2, -0.15) is 5.26 Å². The topological polar surface area (TPSA) is 78.9 Å². The molecular formula is C17H11N3O2. The molecule has 3 aromatic rings. The Hall–Kier alpha value is -3.39. The lowest BCUT2D eigenvalue weighted by atomic mass is 10.1. The number of nitriles is 1. The number of para-hydroxylation sites is 1. The van der Waals surface area contributed by atoms with Crippen LogP contribution in [0.3, 0.4) is 0 Å². The van der Waals surface area contributed by atoms with E-state index in [0.717, 1.165) is 5.56 Å². The van der Waals surface area contributed by atoms with Gasteiger partial charge in [-0.05, 0) is 12.1 Å². The van der Waals surface area contributed by atoms with Crippen LogP contribution in [0.15, 0.2) is 65.4 Å². The Labute approximate surface area is 126 Å². The molecule has 5 nitrogen and oxygen atoms in total. The van der Waals surface area contributed by atoms with Crippen molar-refractivity contribution in [3.8, 4) is 17.3 Å². The van der Waals surface area contributed by atoms with E-state index in [-0.39, 0.29) is 5.76 Å². The van der Waals surface area contributed by atoms with Crippen molar-refractivity contribution in [2.45, 2.75) is 0 Å². The molecule has 1 aromatic heterocycles. The second-order valence-corrected chi connectivity index (χ2v) is 4.51. The fraction of sp³-hybridized carbons (Fsp3) is 0. The largest absolute Gasteiger partial charge is 0.438 e. The van der Waals surface area contributed by atoms with Crippen LogP contribution < -0.4 is 5.32 Å². The monoisotopic (exact) mass is 289 g/mol. The molecule has 0 atom stereocenters. The minimum Gasteiger partial charge on any atom is -0.438 e. The van der Waals surface area contributed by atoms with Gasteiger partial charge in [-0.25, -0.2) is 4.98 Å². The molecular weight excluding hydrogens is 278 g/mol. The number of anilines is 1. The van der Waals surface area contributed by atoms with Crippen molar-refractivity contribution in [2.75, 3.05) is 5.32 Å². The molecule has 3 rings (SSSR count). The fourth-order valence-electron chi connectivity index (χ4n) is 2.08. The van der Waals surface area contributed by atoms with Crippen LogP contribution in [0, 0.1) is 11.3 Å². The summed E-state index contributed by atoms with van der Waals surface area (Å²) in [6.45, 7) is 0. The average molecular weight is 289 g/mol. The maximum Gasteiger partial charge on any atom is 0.293 e. The number of oxazole rings is 1. The number of nitrogens with zero attached hydrogens (tertiary/aromatic N) is 2. The number of hydrogen-bond donors (Lipinski definition) is 1. The smallest absolute Gasteiger partial charge is 0.293 e. The van der Waals surface area contributed by atoms with Crippen LogP contribution in [0.5, 0.6) is 0 Å². The van der Waals surface area contributed by atoms with E-state index in [1.54, 1.807) is 24.3 Å². The van der Waals surface area contributed by atoms with Gasteiger partial charge < -0.3 is 9.73 Å². The molecule has 0 fully saturated rings. The summed E-state index contributed by atoms with van der Waals surface area (Å²) in [6.07, 6.45) is 1.23. The predicted octanol–water partition coefficient (Wildman–Crippen LogP) is 3.47. The highest BCUT2D eigenvalue weighted by Crippen LogP contribution is 2.23. The van der Waals surface area contributed by atoms with E-state index in [2.05, 4.69) is 10.3 Å². The molecule has 0 radical (unpaired) electrons. The SMILES string of the molecule is N#Cc1ccccc1NC(=O)c1ocnc1-c1ccccc1. The van der Waals surface area contributed by atoms with Crippen LogP contribution in [0.4, 0.5) is 5.69 Å². The van der Waals surface area contributed by atoms with E-state index in [9.17, 15) is 4.79 Å². The summed E-state index contributed by atoms with van der Waals surface area (Å²) in [6, 6.07) is 18.1. The summed E-state index contributed by atoms with van der Waals surface area (Å²) >= 11 is 0. The normalized spacial score (nSPS) is 9.95. The van der Waals surface area contributed by atoms with E-state index in [1.807, 2.05) is 36.4 Å². The van der Waals surface area contributed by atoms with Crippen molar-refractivity contribution >= 4 is 11.6 Å². The lowest BCUT2D eigenvalue weighted by Crippen LogP contribution is -2.13. The van der Waals surface area contributed by atoms with Crippen molar-refractivity contribution in [1.82, 2.24) is 4.98 Å². The zero-order chi connectivity index (χ0) is 15.4. The molecule has 0 unspecified atom stereocenters. The first-order valence-corrected chi connectivity index (χ1v) is 6.59. The molecule has 0 saturated carbocycles. The summed E-state index contributed by atoms with van der Waals surface area (Å²) in [4.78, 5) is 16.5. The molecule has 1 N–H and O–H groups in total. The predicted molar refractivity (Wildman–Crippen MR) is 81.0 cm³/mol. The Morgan fingerprint density at radius 3 is 2.59 bits per heavy atom. The van der Waals surface area contributed by atoms with E-state index < -0.39 is 5.91 Å². The van der Waals surface area contributed by atoms with Gasteiger partial charge >= 0.3 is 0 Å².